The zero-order valence-corrected chi connectivity index (χ0v) is 13.9. The van der Waals surface area contributed by atoms with Crippen molar-refractivity contribution >= 4 is 5.91 Å². The third-order valence-corrected chi connectivity index (χ3v) is 3.60. The highest BCUT2D eigenvalue weighted by Gasteiger charge is 2.07. The van der Waals surface area contributed by atoms with Crippen molar-refractivity contribution in [1.29, 1.82) is 0 Å². The summed E-state index contributed by atoms with van der Waals surface area (Å²) < 4.78 is 10.4. The van der Waals surface area contributed by atoms with Gasteiger partial charge in [-0.2, -0.15) is 4.98 Å². The second kappa shape index (κ2) is 8.10. The van der Waals surface area contributed by atoms with E-state index in [1.807, 2.05) is 30.3 Å². The number of carbonyl (C=O) groups is 1. The number of hydrogen-bond acceptors (Lipinski definition) is 5. The van der Waals surface area contributed by atoms with Crippen molar-refractivity contribution in [1.82, 2.24) is 15.5 Å². The molecule has 0 radical (unpaired) electrons. The molecule has 1 N–H and O–H groups in total. The molecule has 0 aliphatic heterocycles. The molecule has 0 spiro atoms. The smallest absolute Gasteiger partial charge is 0.251 e. The quantitative estimate of drug-likeness (QED) is 0.717. The van der Waals surface area contributed by atoms with Gasteiger partial charge in [-0.15, -0.1) is 0 Å². The molecule has 3 aromatic rings. The highest BCUT2D eigenvalue weighted by molar-refractivity contribution is 5.94. The van der Waals surface area contributed by atoms with Gasteiger partial charge in [0, 0.05) is 19.0 Å². The first-order valence-corrected chi connectivity index (χ1v) is 8.05. The van der Waals surface area contributed by atoms with Crippen LogP contribution in [0.4, 0.5) is 0 Å². The van der Waals surface area contributed by atoms with Gasteiger partial charge in [0.2, 0.25) is 11.7 Å². The van der Waals surface area contributed by atoms with Gasteiger partial charge in [0.15, 0.2) is 6.61 Å². The van der Waals surface area contributed by atoms with E-state index in [0.29, 0.717) is 29.6 Å². The maximum absolute atomic E-state index is 12.1. The van der Waals surface area contributed by atoms with Gasteiger partial charge in [0.1, 0.15) is 5.75 Å². The van der Waals surface area contributed by atoms with E-state index in [2.05, 4.69) is 15.5 Å². The molecule has 0 aliphatic rings. The van der Waals surface area contributed by atoms with E-state index in [4.69, 9.17) is 9.26 Å². The Morgan fingerprint density at radius 1 is 1.12 bits per heavy atom. The summed E-state index contributed by atoms with van der Waals surface area (Å²) >= 11 is 0. The Hall–Kier alpha value is -3.15. The predicted molar refractivity (Wildman–Crippen MR) is 92.3 cm³/mol. The van der Waals surface area contributed by atoms with Crippen molar-refractivity contribution in [3.05, 3.63) is 77.4 Å². The molecule has 25 heavy (non-hydrogen) atoms. The second-order valence-corrected chi connectivity index (χ2v) is 5.53. The number of amides is 1. The van der Waals surface area contributed by atoms with Gasteiger partial charge < -0.3 is 14.6 Å². The topological polar surface area (TPSA) is 77.2 Å². The van der Waals surface area contributed by atoms with Gasteiger partial charge in [-0.05, 0) is 36.2 Å². The number of benzene rings is 2. The third-order valence-electron chi connectivity index (χ3n) is 3.60. The van der Waals surface area contributed by atoms with Crippen LogP contribution < -0.4 is 10.1 Å². The van der Waals surface area contributed by atoms with Crippen LogP contribution >= 0.6 is 0 Å². The number of ether oxygens (including phenoxy) is 1. The number of aryl methyl sites for hydroxylation is 1. The lowest BCUT2D eigenvalue weighted by Crippen LogP contribution is -2.25. The molecule has 2 aromatic carbocycles. The summed E-state index contributed by atoms with van der Waals surface area (Å²) in [7, 11) is 0. The van der Waals surface area contributed by atoms with E-state index in [0.717, 1.165) is 6.42 Å². The number of carbonyl (C=O) groups excluding carboxylic acids is 1. The van der Waals surface area contributed by atoms with Crippen LogP contribution in [-0.4, -0.2) is 22.6 Å². The van der Waals surface area contributed by atoms with Crippen molar-refractivity contribution in [3.63, 3.8) is 0 Å². The zero-order chi connectivity index (χ0) is 17.5. The van der Waals surface area contributed by atoms with Crippen LogP contribution in [-0.2, 0) is 13.0 Å². The van der Waals surface area contributed by atoms with Crippen molar-refractivity contribution in [2.75, 3.05) is 6.54 Å². The molecular weight excluding hydrogens is 318 g/mol. The lowest BCUT2D eigenvalue weighted by molar-refractivity contribution is 0.0954. The maximum atomic E-state index is 12.1. The van der Waals surface area contributed by atoms with Crippen molar-refractivity contribution in [3.8, 4) is 5.75 Å². The minimum Gasteiger partial charge on any atom is -0.485 e. The lowest BCUT2D eigenvalue weighted by Gasteiger charge is -2.07. The Bertz CT molecular complexity index is 813. The fourth-order valence-corrected chi connectivity index (χ4v) is 2.32. The molecular formula is C19H19N3O3. The van der Waals surface area contributed by atoms with E-state index >= 15 is 0 Å². The fourth-order valence-electron chi connectivity index (χ4n) is 2.32. The molecule has 1 heterocycles. The number of aromatic nitrogens is 2. The summed E-state index contributed by atoms with van der Waals surface area (Å²) in [6.45, 7) is 2.54. The largest absolute Gasteiger partial charge is 0.485 e. The second-order valence-electron chi connectivity index (χ2n) is 5.53. The maximum Gasteiger partial charge on any atom is 0.251 e. The minimum absolute atomic E-state index is 0.101. The molecule has 0 bridgehead atoms. The van der Waals surface area contributed by atoms with Crippen LogP contribution in [0.25, 0.3) is 0 Å². The van der Waals surface area contributed by atoms with Crippen LogP contribution in [0, 0.1) is 6.92 Å². The molecule has 128 valence electrons. The molecule has 0 saturated heterocycles. The number of nitrogens with zero attached hydrogens (tertiary/aromatic N) is 2. The molecule has 0 unspecified atom stereocenters. The average molecular weight is 337 g/mol. The van der Waals surface area contributed by atoms with Gasteiger partial charge in [0.25, 0.3) is 5.91 Å². The molecule has 0 saturated carbocycles. The van der Waals surface area contributed by atoms with Crippen LogP contribution in [0.1, 0.15) is 27.6 Å². The predicted octanol–water partition coefficient (Wildman–Crippen LogP) is 2.93. The number of nitrogens with one attached hydrogen (secondary N) is 1. The molecule has 1 amide bonds. The summed E-state index contributed by atoms with van der Waals surface area (Å²) in [4.78, 5) is 16.2. The number of rotatable bonds is 7. The Morgan fingerprint density at radius 3 is 2.56 bits per heavy atom. The standard InChI is InChI=1S/C19H19N3O3/c1-14-21-18(22-25-14)13-24-17-9-7-16(8-10-17)19(23)20-12-11-15-5-3-2-4-6-15/h2-10H,11-13H2,1H3,(H,20,23). The fraction of sp³-hybridized carbons (Fsp3) is 0.211. The monoisotopic (exact) mass is 337 g/mol. The van der Waals surface area contributed by atoms with Gasteiger partial charge in [-0.25, -0.2) is 0 Å². The first-order chi connectivity index (χ1) is 12.2. The summed E-state index contributed by atoms with van der Waals surface area (Å²) in [6.07, 6.45) is 0.803. The van der Waals surface area contributed by atoms with Crippen molar-refractivity contribution < 1.29 is 14.1 Å². The Kier molecular flexibility index (Phi) is 5.41. The van der Waals surface area contributed by atoms with E-state index < -0.39 is 0 Å². The molecule has 0 atom stereocenters. The average Bonchev–Trinajstić information content (AvgIpc) is 3.06. The van der Waals surface area contributed by atoms with Gasteiger partial charge in [-0.3, -0.25) is 4.79 Å². The lowest BCUT2D eigenvalue weighted by atomic mass is 10.1. The van der Waals surface area contributed by atoms with Crippen molar-refractivity contribution in [2.24, 2.45) is 0 Å². The van der Waals surface area contributed by atoms with Gasteiger partial charge >= 0.3 is 0 Å². The summed E-state index contributed by atoms with van der Waals surface area (Å²) in [5.41, 5.74) is 1.79. The van der Waals surface area contributed by atoms with Gasteiger partial charge in [-0.1, -0.05) is 35.5 Å². The molecule has 0 fully saturated rings. The van der Waals surface area contributed by atoms with Gasteiger partial charge in [0.05, 0.1) is 0 Å². The number of hydrogen-bond donors (Lipinski definition) is 1. The van der Waals surface area contributed by atoms with E-state index in [1.54, 1.807) is 31.2 Å². The van der Waals surface area contributed by atoms with E-state index in [9.17, 15) is 4.79 Å². The van der Waals surface area contributed by atoms with Crippen molar-refractivity contribution in [2.45, 2.75) is 20.0 Å². The normalized spacial score (nSPS) is 10.4. The Balaban J connectivity index is 1.46. The Labute approximate surface area is 145 Å². The highest BCUT2D eigenvalue weighted by atomic mass is 16.5. The van der Waals surface area contributed by atoms with Crippen LogP contribution in [0.5, 0.6) is 5.75 Å². The van der Waals surface area contributed by atoms with Crippen LogP contribution in [0.3, 0.4) is 0 Å². The SMILES string of the molecule is Cc1nc(COc2ccc(C(=O)NCCc3ccccc3)cc2)no1. The highest BCUT2D eigenvalue weighted by Crippen LogP contribution is 2.13. The first kappa shape index (κ1) is 16.7. The molecule has 1 aromatic heterocycles. The van der Waals surface area contributed by atoms with Crippen LogP contribution in [0.15, 0.2) is 59.1 Å². The summed E-state index contributed by atoms with van der Waals surface area (Å²) in [5.74, 6) is 1.53. The molecule has 6 heteroatoms. The molecule has 0 aliphatic carbocycles. The first-order valence-electron chi connectivity index (χ1n) is 8.05. The van der Waals surface area contributed by atoms with E-state index in [1.165, 1.54) is 5.56 Å². The molecule has 6 nitrogen and oxygen atoms in total. The molecule has 3 rings (SSSR count). The summed E-state index contributed by atoms with van der Waals surface area (Å²) in [6, 6.07) is 17.0. The van der Waals surface area contributed by atoms with E-state index in [-0.39, 0.29) is 12.5 Å². The Morgan fingerprint density at radius 2 is 1.88 bits per heavy atom. The summed E-state index contributed by atoms with van der Waals surface area (Å²) in [5, 5.41) is 6.68. The third kappa shape index (κ3) is 4.91. The van der Waals surface area contributed by atoms with Crippen LogP contribution in [0.2, 0.25) is 0 Å². The zero-order valence-electron chi connectivity index (χ0n) is 13.9. The minimum atomic E-state index is -0.101.